The lowest BCUT2D eigenvalue weighted by Crippen LogP contribution is -2.48. The number of methoxy groups -OCH3 is 1. The number of ether oxygens (including phenoxy) is 2. The van der Waals surface area contributed by atoms with E-state index in [1.165, 1.54) is 0 Å². The highest BCUT2D eigenvalue weighted by molar-refractivity contribution is 6.03. The van der Waals surface area contributed by atoms with Crippen LogP contribution in [0.4, 0.5) is 5.69 Å². The fourth-order valence-electron chi connectivity index (χ4n) is 3.82. The maximum atomic E-state index is 12.9. The first-order valence-corrected chi connectivity index (χ1v) is 9.95. The quantitative estimate of drug-likeness (QED) is 0.570. The van der Waals surface area contributed by atoms with Gasteiger partial charge in [-0.2, -0.15) is 0 Å². The number of aromatic nitrogens is 1. The van der Waals surface area contributed by atoms with E-state index < -0.39 is 5.97 Å². The van der Waals surface area contributed by atoms with Crippen LogP contribution in [0.2, 0.25) is 0 Å². The van der Waals surface area contributed by atoms with Gasteiger partial charge < -0.3 is 19.4 Å². The van der Waals surface area contributed by atoms with Gasteiger partial charge in [-0.25, -0.2) is 4.79 Å². The van der Waals surface area contributed by atoms with E-state index in [0.29, 0.717) is 35.7 Å². The van der Waals surface area contributed by atoms with Crippen molar-refractivity contribution >= 4 is 17.4 Å². The summed E-state index contributed by atoms with van der Waals surface area (Å²) in [6, 6.07) is 8.04. The van der Waals surface area contributed by atoms with Gasteiger partial charge in [-0.05, 0) is 50.6 Å². The molecule has 1 aliphatic heterocycles. The number of aromatic amines is 1. The fourth-order valence-corrected chi connectivity index (χ4v) is 3.82. The Morgan fingerprint density at radius 2 is 1.72 bits per heavy atom. The Morgan fingerprint density at radius 3 is 2.31 bits per heavy atom. The molecule has 0 atom stereocenters. The minimum absolute atomic E-state index is 0.0321. The van der Waals surface area contributed by atoms with Crippen LogP contribution in [0.15, 0.2) is 24.3 Å². The van der Waals surface area contributed by atoms with E-state index in [0.717, 1.165) is 37.6 Å². The van der Waals surface area contributed by atoms with Crippen LogP contribution in [0.25, 0.3) is 0 Å². The third-order valence-electron chi connectivity index (χ3n) is 5.37. The van der Waals surface area contributed by atoms with Gasteiger partial charge >= 0.3 is 5.97 Å². The smallest absolute Gasteiger partial charge is 0.355 e. The van der Waals surface area contributed by atoms with Gasteiger partial charge in [0.2, 0.25) is 0 Å². The zero-order valence-corrected chi connectivity index (χ0v) is 17.6. The van der Waals surface area contributed by atoms with E-state index in [-0.39, 0.29) is 5.78 Å². The number of hydrogen-bond donors (Lipinski definition) is 1. The van der Waals surface area contributed by atoms with E-state index in [4.69, 9.17) is 9.47 Å². The number of anilines is 1. The number of rotatable bonds is 7. The van der Waals surface area contributed by atoms with E-state index in [9.17, 15) is 9.59 Å². The molecule has 3 rings (SSSR count). The number of carbonyl (C=O) groups excluding carboxylic acids is 2. The van der Waals surface area contributed by atoms with Crippen LogP contribution < -0.4 is 9.64 Å². The SMILES string of the molecule is CCOC(=O)c1[nH]c(C)c(C(=O)CN2CCN(c3ccc(OC)cc3)CC2)c1C. The number of nitrogens with one attached hydrogen (secondary N) is 1. The highest BCUT2D eigenvalue weighted by atomic mass is 16.5. The Balaban J connectivity index is 1.60. The van der Waals surface area contributed by atoms with Crippen LogP contribution >= 0.6 is 0 Å². The van der Waals surface area contributed by atoms with Gasteiger partial charge in [-0.1, -0.05) is 0 Å². The van der Waals surface area contributed by atoms with Crippen LogP contribution in [0, 0.1) is 13.8 Å². The lowest BCUT2D eigenvalue weighted by Gasteiger charge is -2.35. The van der Waals surface area contributed by atoms with E-state index in [2.05, 4.69) is 26.9 Å². The molecule has 0 radical (unpaired) electrons. The lowest BCUT2D eigenvalue weighted by molar-refractivity contribution is 0.0519. The van der Waals surface area contributed by atoms with Crippen LogP contribution in [0.1, 0.15) is 39.0 Å². The molecule has 0 unspecified atom stereocenters. The summed E-state index contributed by atoms with van der Waals surface area (Å²) in [4.78, 5) is 32.5. The Labute approximate surface area is 171 Å². The van der Waals surface area contributed by atoms with Crippen molar-refractivity contribution < 1.29 is 19.1 Å². The van der Waals surface area contributed by atoms with Crippen molar-refractivity contribution in [2.75, 3.05) is 51.3 Å². The standard InChI is InChI=1S/C22H29N3O4/c1-5-29-22(27)21-15(2)20(16(3)23-21)19(26)14-24-10-12-25(13-11-24)17-6-8-18(28-4)9-7-17/h6-9,23H,5,10-14H2,1-4H3. The van der Waals surface area contributed by atoms with Crippen molar-refractivity contribution in [1.29, 1.82) is 0 Å². The number of nitrogens with zero attached hydrogens (tertiary/aromatic N) is 2. The molecule has 2 aromatic rings. The molecule has 1 fully saturated rings. The molecule has 7 nitrogen and oxygen atoms in total. The molecule has 1 aromatic heterocycles. The average molecular weight is 399 g/mol. The summed E-state index contributed by atoms with van der Waals surface area (Å²) in [5.41, 5.74) is 3.52. The normalized spacial score (nSPS) is 14.7. The third-order valence-corrected chi connectivity index (χ3v) is 5.37. The minimum atomic E-state index is -0.416. The highest BCUT2D eigenvalue weighted by Gasteiger charge is 2.25. The summed E-state index contributed by atoms with van der Waals surface area (Å²) in [5.74, 6) is 0.461. The summed E-state index contributed by atoms with van der Waals surface area (Å²) >= 11 is 0. The second-order valence-corrected chi connectivity index (χ2v) is 7.23. The number of benzene rings is 1. The highest BCUT2D eigenvalue weighted by Crippen LogP contribution is 2.22. The Kier molecular flexibility index (Phi) is 6.59. The van der Waals surface area contributed by atoms with E-state index in [1.54, 1.807) is 21.0 Å². The summed E-state index contributed by atoms with van der Waals surface area (Å²) < 4.78 is 10.3. The number of hydrogen-bond acceptors (Lipinski definition) is 6. The number of H-pyrrole nitrogens is 1. The molecular formula is C22H29N3O4. The van der Waals surface area contributed by atoms with Gasteiger partial charge in [-0.15, -0.1) is 0 Å². The van der Waals surface area contributed by atoms with Crippen molar-refractivity contribution in [3.05, 3.63) is 46.8 Å². The molecule has 0 spiro atoms. The third kappa shape index (κ3) is 4.62. The van der Waals surface area contributed by atoms with Gasteiger partial charge in [0.05, 0.1) is 20.3 Å². The van der Waals surface area contributed by atoms with Crippen molar-refractivity contribution in [2.45, 2.75) is 20.8 Å². The zero-order chi connectivity index (χ0) is 21.0. The summed E-state index contributed by atoms with van der Waals surface area (Å²) in [7, 11) is 1.66. The molecule has 1 aromatic carbocycles. The predicted molar refractivity (Wildman–Crippen MR) is 112 cm³/mol. The minimum Gasteiger partial charge on any atom is -0.497 e. The second kappa shape index (κ2) is 9.13. The first kappa shape index (κ1) is 20.9. The lowest BCUT2D eigenvalue weighted by atomic mass is 10.0. The summed E-state index contributed by atoms with van der Waals surface area (Å²) in [5, 5.41) is 0. The number of esters is 1. The monoisotopic (exact) mass is 399 g/mol. The summed E-state index contributed by atoms with van der Waals surface area (Å²) in [6.45, 7) is 9.37. The van der Waals surface area contributed by atoms with Gasteiger partial charge in [-0.3, -0.25) is 9.69 Å². The van der Waals surface area contributed by atoms with Crippen molar-refractivity contribution in [2.24, 2.45) is 0 Å². The van der Waals surface area contributed by atoms with Gasteiger partial charge in [0.15, 0.2) is 5.78 Å². The molecule has 156 valence electrons. The molecule has 7 heteroatoms. The van der Waals surface area contributed by atoms with Crippen LogP contribution in [-0.2, 0) is 4.74 Å². The Hall–Kier alpha value is -2.80. The van der Waals surface area contributed by atoms with Gasteiger partial charge in [0, 0.05) is 43.1 Å². The average Bonchev–Trinajstić information content (AvgIpc) is 3.03. The van der Waals surface area contributed by atoms with Crippen molar-refractivity contribution in [1.82, 2.24) is 9.88 Å². The number of carbonyl (C=O) groups is 2. The predicted octanol–water partition coefficient (Wildman–Crippen LogP) is 2.82. The van der Waals surface area contributed by atoms with Crippen LogP contribution in [-0.4, -0.2) is 68.1 Å². The number of aryl methyl sites for hydroxylation is 1. The maximum Gasteiger partial charge on any atom is 0.355 e. The van der Waals surface area contributed by atoms with Gasteiger partial charge in [0.1, 0.15) is 11.4 Å². The number of Topliss-reactive ketones (excluding diaryl/α,β-unsaturated/α-hetero) is 1. The molecule has 1 saturated heterocycles. The molecule has 0 bridgehead atoms. The van der Waals surface area contributed by atoms with Crippen LogP contribution in [0.5, 0.6) is 5.75 Å². The Bertz CT molecular complexity index is 865. The molecule has 1 N–H and O–H groups in total. The Morgan fingerprint density at radius 1 is 1.07 bits per heavy atom. The second-order valence-electron chi connectivity index (χ2n) is 7.23. The van der Waals surface area contributed by atoms with E-state index >= 15 is 0 Å². The summed E-state index contributed by atoms with van der Waals surface area (Å²) in [6.07, 6.45) is 0. The number of ketones is 1. The molecule has 0 amide bonds. The zero-order valence-electron chi connectivity index (χ0n) is 17.6. The first-order chi connectivity index (χ1) is 13.9. The molecular weight excluding hydrogens is 370 g/mol. The first-order valence-electron chi connectivity index (χ1n) is 9.95. The molecule has 1 aliphatic rings. The van der Waals surface area contributed by atoms with Crippen LogP contribution in [0.3, 0.4) is 0 Å². The molecule has 2 heterocycles. The van der Waals surface area contributed by atoms with Gasteiger partial charge in [0.25, 0.3) is 0 Å². The van der Waals surface area contributed by atoms with E-state index in [1.807, 2.05) is 19.1 Å². The fraction of sp³-hybridized carbons (Fsp3) is 0.455. The molecule has 29 heavy (non-hydrogen) atoms. The van der Waals surface area contributed by atoms with Crippen molar-refractivity contribution in [3.63, 3.8) is 0 Å². The maximum absolute atomic E-state index is 12.9. The molecule has 0 aliphatic carbocycles. The van der Waals surface area contributed by atoms with Crippen molar-refractivity contribution in [3.8, 4) is 5.75 Å². The topological polar surface area (TPSA) is 74.9 Å². The molecule has 0 saturated carbocycles. The largest absolute Gasteiger partial charge is 0.497 e. The number of piperazine rings is 1.